The van der Waals surface area contributed by atoms with Crippen LogP contribution in [0.5, 0.6) is 0 Å². The third-order valence-corrected chi connectivity index (χ3v) is 6.30. The van der Waals surface area contributed by atoms with Crippen molar-refractivity contribution in [3.05, 3.63) is 35.4 Å². The highest BCUT2D eigenvalue weighted by molar-refractivity contribution is 5.33. The lowest BCUT2D eigenvalue weighted by Gasteiger charge is -2.43. The first kappa shape index (κ1) is 15.1. The third kappa shape index (κ3) is 2.90. The summed E-state index contributed by atoms with van der Waals surface area (Å²) in [6.45, 7) is 7.17. The van der Waals surface area contributed by atoms with Crippen molar-refractivity contribution in [2.45, 2.75) is 76.7 Å². The fraction of sp³-hybridized carbons (Fsp3) is 0.700. The Labute approximate surface area is 130 Å². The van der Waals surface area contributed by atoms with Crippen molar-refractivity contribution in [1.29, 1.82) is 0 Å². The van der Waals surface area contributed by atoms with E-state index in [1.165, 1.54) is 44.1 Å². The summed E-state index contributed by atoms with van der Waals surface area (Å²) >= 11 is 0. The van der Waals surface area contributed by atoms with Crippen LogP contribution in [0.25, 0.3) is 0 Å². The molecule has 2 N–H and O–H groups in total. The van der Waals surface area contributed by atoms with Crippen molar-refractivity contribution >= 4 is 0 Å². The molecule has 3 atom stereocenters. The Kier molecular flexibility index (Phi) is 4.14. The lowest BCUT2D eigenvalue weighted by Crippen LogP contribution is -2.45. The number of rotatable bonds is 3. The van der Waals surface area contributed by atoms with Gasteiger partial charge in [-0.1, -0.05) is 57.9 Å². The number of benzene rings is 1. The molecule has 0 spiro atoms. The van der Waals surface area contributed by atoms with Gasteiger partial charge >= 0.3 is 0 Å². The summed E-state index contributed by atoms with van der Waals surface area (Å²) < 4.78 is 0. The van der Waals surface area contributed by atoms with Gasteiger partial charge in [-0.2, -0.15) is 0 Å². The van der Waals surface area contributed by atoms with E-state index in [2.05, 4.69) is 45.0 Å². The summed E-state index contributed by atoms with van der Waals surface area (Å²) in [4.78, 5) is 0. The fourth-order valence-electron chi connectivity index (χ4n) is 4.47. The van der Waals surface area contributed by atoms with E-state index in [0.717, 1.165) is 11.8 Å². The molecule has 0 aromatic heterocycles. The Morgan fingerprint density at radius 3 is 2.48 bits per heavy atom. The van der Waals surface area contributed by atoms with E-state index >= 15 is 0 Å². The van der Waals surface area contributed by atoms with E-state index in [1.54, 1.807) is 5.56 Å². The second kappa shape index (κ2) is 5.76. The van der Waals surface area contributed by atoms with Crippen LogP contribution in [0, 0.1) is 11.8 Å². The molecule has 1 aromatic carbocycles. The lowest BCUT2D eigenvalue weighted by atomic mass is 9.63. The van der Waals surface area contributed by atoms with Crippen molar-refractivity contribution in [3.63, 3.8) is 0 Å². The Morgan fingerprint density at radius 2 is 1.86 bits per heavy atom. The summed E-state index contributed by atoms with van der Waals surface area (Å²) in [5.41, 5.74) is 9.78. The van der Waals surface area contributed by atoms with E-state index in [4.69, 9.17) is 5.73 Å². The van der Waals surface area contributed by atoms with E-state index in [-0.39, 0.29) is 5.41 Å². The van der Waals surface area contributed by atoms with Crippen molar-refractivity contribution in [1.82, 2.24) is 0 Å². The summed E-state index contributed by atoms with van der Waals surface area (Å²) in [5.74, 6) is 2.24. The zero-order valence-corrected chi connectivity index (χ0v) is 13.9. The van der Waals surface area contributed by atoms with Gasteiger partial charge < -0.3 is 5.73 Å². The minimum Gasteiger partial charge on any atom is -0.327 e. The van der Waals surface area contributed by atoms with Crippen molar-refractivity contribution in [2.24, 2.45) is 17.6 Å². The molecule has 21 heavy (non-hydrogen) atoms. The summed E-state index contributed by atoms with van der Waals surface area (Å²) in [6.07, 6.45) is 7.97. The topological polar surface area (TPSA) is 26.0 Å². The highest BCUT2D eigenvalue weighted by Crippen LogP contribution is 2.43. The average molecular weight is 285 g/mol. The molecule has 116 valence electrons. The molecule has 0 aliphatic heterocycles. The molecule has 2 fully saturated rings. The molecule has 3 rings (SSSR count). The SMILES string of the molecule is CC1CCC(C(C)(C)c2cccc(C3CCC3)c2)C(N)C1. The smallest absolute Gasteiger partial charge is 0.00780 e. The summed E-state index contributed by atoms with van der Waals surface area (Å²) in [5, 5.41) is 0. The van der Waals surface area contributed by atoms with Crippen LogP contribution >= 0.6 is 0 Å². The summed E-state index contributed by atoms with van der Waals surface area (Å²) in [6, 6.07) is 9.76. The van der Waals surface area contributed by atoms with Crippen LogP contribution in [0.1, 0.15) is 76.3 Å². The maximum atomic E-state index is 6.53. The standard InChI is InChI=1S/C20H31N/c1-14-10-11-18(19(21)12-14)20(2,3)17-9-5-8-16(13-17)15-6-4-7-15/h5,8-9,13-15,18-19H,4,6-7,10-12,21H2,1-3H3. The molecule has 1 aromatic rings. The van der Waals surface area contributed by atoms with Crippen LogP contribution in [0.4, 0.5) is 0 Å². The molecule has 2 aliphatic carbocycles. The Bertz CT molecular complexity index is 486. The van der Waals surface area contributed by atoms with Crippen LogP contribution in [0.2, 0.25) is 0 Å². The molecule has 1 heteroatoms. The van der Waals surface area contributed by atoms with E-state index in [9.17, 15) is 0 Å². The normalized spacial score (nSPS) is 31.0. The highest BCUT2D eigenvalue weighted by atomic mass is 14.7. The summed E-state index contributed by atoms with van der Waals surface area (Å²) in [7, 11) is 0. The van der Waals surface area contributed by atoms with E-state index in [0.29, 0.717) is 12.0 Å². The van der Waals surface area contributed by atoms with Gasteiger partial charge in [0, 0.05) is 6.04 Å². The molecule has 0 amide bonds. The van der Waals surface area contributed by atoms with Crippen LogP contribution in [-0.2, 0) is 5.41 Å². The Hall–Kier alpha value is -0.820. The molecule has 0 heterocycles. The van der Waals surface area contributed by atoms with Gasteiger partial charge in [-0.05, 0) is 60.0 Å². The predicted molar refractivity (Wildman–Crippen MR) is 90.5 cm³/mol. The highest BCUT2D eigenvalue weighted by Gasteiger charge is 2.38. The van der Waals surface area contributed by atoms with Crippen LogP contribution in [0.3, 0.4) is 0 Å². The van der Waals surface area contributed by atoms with E-state index in [1.807, 2.05) is 0 Å². The molecule has 2 saturated carbocycles. The largest absolute Gasteiger partial charge is 0.327 e. The van der Waals surface area contributed by atoms with Crippen LogP contribution in [-0.4, -0.2) is 6.04 Å². The van der Waals surface area contributed by atoms with Gasteiger partial charge in [-0.15, -0.1) is 0 Å². The molecule has 0 saturated heterocycles. The van der Waals surface area contributed by atoms with Crippen molar-refractivity contribution < 1.29 is 0 Å². The van der Waals surface area contributed by atoms with Crippen LogP contribution in [0.15, 0.2) is 24.3 Å². The maximum Gasteiger partial charge on any atom is 0.00780 e. The second-order valence-corrected chi connectivity index (χ2v) is 8.16. The first-order chi connectivity index (χ1) is 9.98. The van der Waals surface area contributed by atoms with Gasteiger partial charge in [-0.25, -0.2) is 0 Å². The van der Waals surface area contributed by atoms with Crippen LogP contribution < -0.4 is 5.73 Å². The van der Waals surface area contributed by atoms with E-state index < -0.39 is 0 Å². The molecule has 3 unspecified atom stereocenters. The fourth-order valence-corrected chi connectivity index (χ4v) is 4.47. The Morgan fingerprint density at radius 1 is 1.10 bits per heavy atom. The van der Waals surface area contributed by atoms with Gasteiger partial charge in [0.15, 0.2) is 0 Å². The first-order valence-corrected chi connectivity index (χ1v) is 8.84. The predicted octanol–water partition coefficient (Wildman–Crippen LogP) is 5.00. The van der Waals surface area contributed by atoms with Gasteiger partial charge in [0.25, 0.3) is 0 Å². The average Bonchev–Trinajstić information content (AvgIpc) is 2.36. The molecular weight excluding hydrogens is 254 g/mol. The minimum absolute atomic E-state index is 0.194. The molecule has 0 radical (unpaired) electrons. The second-order valence-electron chi connectivity index (χ2n) is 8.16. The first-order valence-electron chi connectivity index (χ1n) is 8.84. The number of nitrogens with two attached hydrogens (primary N) is 1. The number of hydrogen-bond donors (Lipinski definition) is 1. The third-order valence-electron chi connectivity index (χ3n) is 6.30. The molecule has 0 bridgehead atoms. The zero-order valence-electron chi connectivity index (χ0n) is 13.9. The lowest BCUT2D eigenvalue weighted by molar-refractivity contribution is 0.171. The monoisotopic (exact) mass is 285 g/mol. The van der Waals surface area contributed by atoms with Gasteiger partial charge in [0.1, 0.15) is 0 Å². The van der Waals surface area contributed by atoms with Crippen molar-refractivity contribution in [2.75, 3.05) is 0 Å². The zero-order chi connectivity index (χ0) is 15.0. The van der Waals surface area contributed by atoms with Gasteiger partial charge in [0.2, 0.25) is 0 Å². The molecule has 2 aliphatic rings. The maximum absolute atomic E-state index is 6.53. The quantitative estimate of drug-likeness (QED) is 0.831. The van der Waals surface area contributed by atoms with Crippen molar-refractivity contribution in [3.8, 4) is 0 Å². The molecule has 1 nitrogen and oxygen atoms in total. The van der Waals surface area contributed by atoms with Gasteiger partial charge in [-0.3, -0.25) is 0 Å². The van der Waals surface area contributed by atoms with Gasteiger partial charge in [0.05, 0.1) is 0 Å². The number of hydrogen-bond acceptors (Lipinski definition) is 1. The Balaban J connectivity index is 1.83. The molecular formula is C20H31N. The minimum atomic E-state index is 0.194.